The maximum absolute atomic E-state index is 12.3. The highest BCUT2D eigenvalue weighted by molar-refractivity contribution is 7.91. The SMILES string of the molecule is N#Cc1cccc(CN2CCC(NS(=O)(=O)c3cccs3)CC2)c1. The maximum atomic E-state index is 12.3. The molecule has 0 unspecified atom stereocenters. The van der Waals surface area contributed by atoms with E-state index in [-0.39, 0.29) is 6.04 Å². The zero-order valence-corrected chi connectivity index (χ0v) is 14.8. The van der Waals surface area contributed by atoms with Gasteiger partial charge in [-0.15, -0.1) is 11.3 Å². The number of benzene rings is 1. The van der Waals surface area contributed by atoms with Crippen molar-refractivity contribution in [3.63, 3.8) is 0 Å². The van der Waals surface area contributed by atoms with E-state index in [4.69, 9.17) is 5.26 Å². The van der Waals surface area contributed by atoms with Gasteiger partial charge >= 0.3 is 0 Å². The Bertz CT molecular complexity index is 818. The number of nitriles is 1. The Labute approximate surface area is 146 Å². The van der Waals surface area contributed by atoms with Crippen LogP contribution in [-0.2, 0) is 16.6 Å². The van der Waals surface area contributed by atoms with Crippen LogP contribution in [0.5, 0.6) is 0 Å². The molecule has 1 saturated heterocycles. The Morgan fingerprint density at radius 2 is 2.04 bits per heavy atom. The van der Waals surface area contributed by atoms with Crippen molar-refractivity contribution in [1.29, 1.82) is 5.26 Å². The van der Waals surface area contributed by atoms with Crippen molar-refractivity contribution in [3.05, 3.63) is 52.9 Å². The molecule has 0 saturated carbocycles. The van der Waals surface area contributed by atoms with Gasteiger partial charge in [-0.3, -0.25) is 4.90 Å². The normalized spacial score (nSPS) is 16.8. The second kappa shape index (κ2) is 7.45. The van der Waals surface area contributed by atoms with Crippen molar-refractivity contribution in [2.45, 2.75) is 29.6 Å². The van der Waals surface area contributed by atoms with Crippen molar-refractivity contribution >= 4 is 21.4 Å². The Balaban J connectivity index is 1.53. The molecule has 24 heavy (non-hydrogen) atoms. The summed E-state index contributed by atoms with van der Waals surface area (Å²) in [5.41, 5.74) is 1.79. The predicted octanol–water partition coefficient (Wildman–Crippen LogP) is 2.56. The summed E-state index contributed by atoms with van der Waals surface area (Å²) in [4.78, 5) is 2.30. The molecule has 5 nitrogen and oxygen atoms in total. The van der Waals surface area contributed by atoms with Crippen molar-refractivity contribution in [1.82, 2.24) is 9.62 Å². The highest BCUT2D eigenvalue weighted by Gasteiger charge is 2.25. The lowest BCUT2D eigenvalue weighted by molar-refractivity contribution is 0.200. The van der Waals surface area contributed by atoms with Crippen molar-refractivity contribution in [2.75, 3.05) is 13.1 Å². The van der Waals surface area contributed by atoms with Gasteiger partial charge in [0.15, 0.2) is 0 Å². The molecular formula is C17H19N3O2S2. The fraction of sp³-hybridized carbons (Fsp3) is 0.353. The molecule has 3 rings (SSSR count). The molecule has 0 aliphatic carbocycles. The Kier molecular flexibility index (Phi) is 5.31. The van der Waals surface area contributed by atoms with Gasteiger partial charge in [-0.1, -0.05) is 18.2 Å². The van der Waals surface area contributed by atoms with Crippen molar-refractivity contribution in [2.24, 2.45) is 0 Å². The summed E-state index contributed by atoms with van der Waals surface area (Å²) in [7, 11) is -3.39. The topological polar surface area (TPSA) is 73.2 Å². The predicted molar refractivity (Wildman–Crippen MR) is 94.1 cm³/mol. The number of rotatable bonds is 5. The van der Waals surface area contributed by atoms with E-state index < -0.39 is 10.0 Å². The third-order valence-electron chi connectivity index (χ3n) is 4.13. The number of hydrogen-bond acceptors (Lipinski definition) is 5. The van der Waals surface area contributed by atoms with E-state index in [1.165, 1.54) is 11.3 Å². The standard InChI is InChI=1S/C17H19N3O2S2/c18-12-14-3-1-4-15(11-14)13-20-8-6-16(7-9-20)19-24(21,22)17-5-2-10-23-17/h1-5,10-11,16,19H,6-9,13H2. The molecule has 0 atom stereocenters. The van der Waals surface area contributed by atoms with Crippen LogP contribution in [0.25, 0.3) is 0 Å². The molecule has 0 amide bonds. The largest absolute Gasteiger partial charge is 0.299 e. The minimum atomic E-state index is -3.39. The lowest BCUT2D eigenvalue weighted by atomic mass is 10.0. The second-order valence-corrected chi connectivity index (χ2v) is 8.80. The lowest BCUT2D eigenvalue weighted by Gasteiger charge is -2.32. The minimum absolute atomic E-state index is 0.0150. The molecule has 1 fully saturated rings. The molecule has 1 aromatic heterocycles. The van der Waals surface area contributed by atoms with Crippen LogP contribution in [-0.4, -0.2) is 32.4 Å². The molecule has 1 aliphatic rings. The third-order valence-corrected chi connectivity index (χ3v) is 7.05. The van der Waals surface area contributed by atoms with Crippen LogP contribution in [0, 0.1) is 11.3 Å². The maximum Gasteiger partial charge on any atom is 0.250 e. The first-order valence-corrected chi connectivity index (χ1v) is 10.2. The van der Waals surface area contributed by atoms with Gasteiger partial charge in [0.25, 0.3) is 0 Å². The Morgan fingerprint density at radius 3 is 2.71 bits per heavy atom. The molecule has 1 aromatic carbocycles. The van der Waals surface area contributed by atoms with Gasteiger partial charge in [-0.2, -0.15) is 5.26 Å². The van der Waals surface area contributed by atoms with Gasteiger partial charge in [0.05, 0.1) is 11.6 Å². The second-order valence-electron chi connectivity index (χ2n) is 5.92. The van der Waals surface area contributed by atoms with Gasteiger partial charge in [0.1, 0.15) is 4.21 Å². The summed E-state index contributed by atoms with van der Waals surface area (Å²) in [5, 5.41) is 10.7. The highest BCUT2D eigenvalue weighted by Crippen LogP contribution is 2.19. The van der Waals surface area contributed by atoms with E-state index in [0.717, 1.165) is 38.0 Å². The fourth-order valence-electron chi connectivity index (χ4n) is 2.90. The Hall–Kier alpha value is -1.72. The van der Waals surface area contributed by atoms with E-state index in [9.17, 15) is 8.42 Å². The van der Waals surface area contributed by atoms with Crippen molar-refractivity contribution in [3.8, 4) is 6.07 Å². The first kappa shape index (κ1) is 17.1. The van der Waals surface area contributed by atoms with Crippen LogP contribution >= 0.6 is 11.3 Å². The van der Waals surface area contributed by atoms with Gasteiger partial charge in [-0.05, 0) is 42.0 Å². The van der Waals surface area contributed by atoms with E-state index in [0.29, 0.717) is 9.77 Å². The van der Waals surface area contributed by atoms with Gasteiger partial charge < -0.3 is 0 Å². The van der Waals surface area contributed by atoms with Crippen LogP contribution in [0.15, 0.2) is 46.0 Å². The summed E-state index contributed by atoms with van der Waals surface area (Å²) >= 11 is 1.24. The molecule has 0 spiro atoms. The summed E-state index contributed by atoms with van der Waals surface area (Å²) in [6, 6.07) is 13.1. The lowest BCUT2D eigenvalue weighted by Crippen LogP contribution is -2.44. The first-order chi connectivity index (χ1) is 11.6. The van der Waals surface area contributed by atoms with E-state index in [1.807, 2.05) is 18.2 Å². The van der Waals surface area contributed by atoms with Gasteiger partial charge in [0, 0.05) is 25.7 Å². The monoisotopic (exact) mass is 361 g/mol. The molecule has 2 aromatic rings. The van der Waals surface area contributed by atoms with E-state index in [2.05, 4.69) is 15.7 Å². The highest BCUT2D eigenvalue weighted by atomic mass is 32.2. The quantitative estimate of drug-likeness (QED) is 0.888. The summed E-state index contributed by atoms with van der Waals surface area (Å²) in [5.74, 6) is 0. The van der Waals surface area contributed by atoms with Crippen LogP contribution < -0.4 is 4.72 Å². The number of nitrogens with one attached hydrogen (secondary N) is 1. The molecule has 0 radical (unpaired) electrons. The molecular weight excluding hydrogens is 342 g/mol. The Morgan fingerprint density at radius 1 is 1.25 bits per heavy atom. The average Bonchev–Trinajstić information content (AvgIpc) is 3.12. The molecule has 126 valence electrons. The number of piperidine rings is 1. The van der Waals surface area contributed by atoms with E-state index >= 15 is 0 Å². The summed E-state index contributed by atoms with van der Waals surface area (Å²) in [6.07, 6.45) is 1.59. The number of nitrogens with zero attached hydrogens (tertiary/aromatic N) is 2. The van der Waals surface area contributed by atoms with Gasteiger partial charge in [0.2, 0.25) is 10.0 Å². The summed E-state index contributed by atoms with van der Waals surface area (Å²) < 4.78 is 27.7. The smallest absolute Gasteiger partial charge is 0.250 e. The molecule has 1 N–H and O–H groups in total. The zero-order chi connectivity index (χ0) is 17.0. The van der Waals surface area contributed by atoms with Gasteiger partial charge in [-0.25, -0.2) is 13.1 Å². The fourth-order valence-corrected chi connectivity index (χ4v) is 5.21. The first-order valence-electron chi connectivity index (χ1n) is 7.84. The average molecular weight is 361 g/mol. The number of sulfonamides is 1. The minimum Gasteiger partial charge on any atom is -0.299 e. The summed E-state index contributed by atoms with van der Waals surface area (Å²) in [6.45, 7) is 2.47. The molecule has 7 heteroatoms. The third kappa shape index (κ3) is 4.22. The number of likely N-dealkylation sites (tertiary alicyclic amines) is 1. The van der Waals surface area contributed by atoms with Crippen molar-refractivity contribution < 1.29 is 8.42 Å². The molecule has 2 heterocycles. The van der Waals surface area contributed by atoms with Crippen LogP contribution in [0.3, 0.4) is 0 Å². The van der Waals surface area contributed by atoms with Crippen LogP contribution in [0.4, 0.5) is 0 Å². The van der Waals surface area contributed by atoms with Crippen LogP contribution in [0.1, 0.15) is 24.0 Å². The molecule has 1 aliphatic heterocycles. The van der Waals surface area contributed by atoms with Crippen LogP contribution in [0.2, 0.25) is 0 Å². The number of thiophene rings is 1. The number of hydrogen-bond donors (Lipinski definition) is 1. The zero-order valence-electron chi connectivity index (χ0n) is 13.2. The molecule has 0 bridgehead atoms. The van der Waals surface area contributed by atoms with E-state index in [1.54, 1.807) is 23.6 Å².